The fourth-order valence-electron chi connectivity index (χ4n) is 2.36. The first-order chi connectivity index (χ1) is 15.0. The van der Waals surface area contributed by atoms with Crippen molar-refractivity contribution in [3.05, 3.63) is 75.3 Å². The number of nitriles is 1. The van der Waals surface area contributed by atoms with Gasteiger partial charge in [0.1, 0.15) is 24.0 Å². The molecule has 1 amide bonds. The van der Waals surface area contributed by atoms with Crippen LogP contribution in [0.25, 0.3) is 6.08 Å². The Bertz CT molecular complexity index is 1150. The lowest BCUT2D eigenvalue weighted by molar-refractivity contribution is -0.384. The molecular weight excluding hydrogens is 438 g/mol. The molecule has 3 rings (SSSR count). The van der Waals surface area contributed by atoms with Gasteiger partial charge >= 0.3 is 0 Å². The molecule has 0 aliphatic rings. The van der Waals surface area contributed by atoms with Crippen LogP contribution in [0.2, 0.25) is 0 Å². The van der Waals surface area contributed by atoms with Crippen LogP contribution in [0.4, 0.5) is 10.8 Å². The Hall–Kier alpha value is -3.75. The molecule has 1 N–H and O–H groups in total. The van der Waals surface area contributed by atoms with Crippen LogP contribution in [0.1, 0.15) is 11.1 Å². The fourth-order valence-corrected chi connectivity index (χ4v) is 3.49. The van der Waals surface area contributed by atoms with Crippen molar-refractivity contribution in [2.24, 2.45) is 0 Å². The summed E-state index contributed by atoms with van der Waals surface area (Å²) in [6.07, 6.45) is 3.29. The minimum Gasteiger partial charge on any atom is -0.489 e. The zero-order valence-corrected chi connectivity index (χ0v) is 17.8. The summed E-state index contributed by atoms with van der Waals surface area (Å²) in [7, 11) is 0. The molecule has 156 valence electrons. The van der Waals surface area contributed by atoms with Crippen molar-refractivity contribution in [1.82, 2.24) is 9.36 Å². The Labute approximate surface area is 185 Å². The monoisotopic (exact) mass is 453 g/mol. The van der Waals surface area contributed by atoms with E-state index in [2.05, 4.69) is 14.7 Å². The molecule has 0 spiro atoms. The van der Waals surface area contributed by atoms with Gasteiger partial charge in [0.15, 0.2) is 0 Å². The highest BCUT2D eigenvalue weighted by Crippen LogP contribution is 2.20. The van der Waals surface area contributed by atoms with Crippen molar-refractivity contribution >= 4 is 46.1 Å². The van der Waals surface area contributed by atoms with E-state index in [0.717, 1.165) is 17.1 Å². The summed E-state index contributed by atoms with van der Waals surface area (Å²) in [6.45, 7) is 0.249. The summed E-state index contributed by atoms with van der Waals surface area (Å²) in [6, 6.07) is 14.8. The van der Waals surface area contributed by atoms with Gasteiger partial charge < -0.3 is 4.74 Å². The predicted molar refractivity (Wildman–Crippen MR) is 118 cm³/mol. The SMILES string of the molecule is CSc1nsc(NC(=O)/C(C#N)=C\c2ccc(OCc3ccc([N+](=O)[O-])cc3)cc2)n1. The standard InChI is InChI=1S/C20H15N5O4S2/c1-30-20-23-19(31-24-20)22-18(26)15(11-21)10-13-4-8-17(9-5-13)29-12-14-2-6-16(7-3-14)25(27)28/h2-10H,12H2,1H3,(H,22,23,24,26)/b15-10-. The molecule has 0 saturated carbocycles. The average molecular weight is 454 g/mol. The largest absolute Gasteiger partial charge is 0.489 e. The number of ether oxygens (including phenoxy) is 1. The Kier molecular flexibility index (Phi) is 7.31. The highest BCUT2D eigenvalue weighted by Gasteiger charge is 2.12. The summed E-state index contributed by atoms with van der Waals surface area (Å²) in [5, 5.41) is 23.4. The number of hydrogen-bond acceptors (Lipinski definition) is 9. The van der Waals surface area contributed by atoms with E-state index in [-0.39, 0.29) is 17.9 Å². The van der Waals surface area contributed by atoms with Crippen molar-refractivity contribution in [3.63, 3.8) is 0 Å². The van der Waals surface area contributed by atoms with Crippen molar-refractivity contribution in [2.45, 2.75) is 11.8 Å². The van der Waals surface area contributed by atoms with Gasteiger partial charge in [0, 0.05) is 23.7 Å². The number of rotatable bonds is 8. The molecule has 31 heavy (non-hydrogen) atoms. The van der Waals surface area contributed by atoms with Crippen LogP contribution in [-0.4, -0.2) is 26.4 Å². The number of anilines is 1. The maximum Gasteiger partial charge on any atom is 0.269 e. The van der Waals surface area contributed by atoms with Gasteiger partial charge in [-0.25, -0.2) is 0 Å². The Morgan fingerprint density at radius 1 is 1.29 bits per heavy atom. The molecular formula is C20H15N5O4S2. The quantitative estimate of drug-likeness (QED) is 0.176. The van der Waals surface area contributed by atoms with Crippen molar-refractivity contribution in [3.8, 4) is 11.8 Å². The van der Waals surface area contributed by atoms with Crippen LogP contribution < -0.4 is 10.1 Å². The summed E-state index contributed by atoms with van der Waals surface area (Å²) in [5.74, 6) is 0.0155. The molecule has 0 radical (unpaired) electrons. The molecule has 1 heterocycles. The number of hydrogen-bond donors (Lipinski definition) is 1. The molecule has 0 unspecified atom stereocenters. The number of nitrogens with one attached hydrogen (secondary N) is 1. The lowest BCUT2D eigenvalue weighted by Gasteiger charge is -2.06. The number of carbonyl (C=O) groups is 1. The molecule has 2 aromatic carbocycles. The second-order valence-electron chi connectivity index (χ2n) is 5.99. The minimum absolute atomic E-state index is 0.0213. The van der Waals surface area contributed by atoms with Gasteiger partial charge in [-0.3, -0.25) is 20.2 Å². The number of nitro groups is 1. The third-order valence-corrected chi connectivity index (χ3v) is 5.21. The second kappa shape index (κ2) is 10.3. The summed E-state index contributed by atoms with van der Waals surface area (Å²) in [4.78, 5) is 26.6. The number of thioether (sulfide) groups is 1. The maximum atomic E-state index is 12.3. The van der Waals surface area contributed by atoms with E-state index in [1.807, 2.05) is 12.3 Å². The van der Waals surface area contributed by atoms with Crippen molar-refractivity contribution in [1.29, 1.82) is 5.26 Å². The third-order valence-electron chi connectivity index (χ3n) is 3.92. The molecule has 0 aliphatic heterocycles. The predicted octanol–water partition coefficient (Wildman–Crippen LogP) is 4.29. The van der Waals surface area contributed by atoms with Crippen LogP contribution in [0.15, 0.2) is 59.3 Å². The molecule has 1 aromatic heterocycles. The number of aromatic nitrogens is 2. The van der Waals surface area contributed by atoms with Gasteiger partial charge in [0.05, 0.1) is 4.92 Å². The molecule has 0 atom stereocenters. The zero-order chi connectivity index (χ0) is 22.2. The van der Waals surface area contributed by atoms with Crippen LogP contribution >= 0.6 is 23.3 Å². The molecule has 0 bridgehead atoms. The number of nitro benzene ring substituents is 1. The molecule has 0 fully saturated rings. The summed E-state index contributed by atoms with van der Waals surface area (Å²) >= 11 is 2.40. The van der Waals surface area contributed by atoms with E-state index in [9.17, 15) is 20.2 Å². The third kappa shape index (κ3) is 6.11. The minimum atomic E-state index is -0.565. The number of amides is 1. The second-order valence-corrected chi connectivity index (χ2v) is 7.52. The van der Waals surface area contributed by atoms with Gasteiger partial charge in [0.25, 0.3) is 11.6 Å². The van der Waals surface area contributed by atoms with Gasteiger partial charge in [0.2, 0.25) is 10.3 Å². The number of carbonyl (C=O) groups excluding carboxylic acids is 1. The van der Waals surface area contributed by atoms with Crippen LogP contribution in [0.5, 0.6) is 5.75 Å². The van der Waals surface area contributed by atoms with Gasteiger partial charge in [-0.1, -0.05) is 23.9 Å². The van der Waals surface area contributed by atoms with Crippen LogP contribution in [0.3, 0.4) is 0 Å². The molecule has 9 nitrogen and oxygen atoms in total. The van der Waals surface area contributed by atoms with E-state index < -0.39 is 10.8 Å². The smallest absolute Gasteiger partial charge is 0.269 e. The molecule has 3 aromatic rings. The summed E-state index contributed by atoms with van der Waals surface area (Å²) in [5.41, 5.74) is 1.39. The fraction of sp³-hybridized carbons (Fsp3) is 0.100. The zero-order valence-electron chi connectivity index (χ0n) is 16.1. The van der Waals surface area contributed by atoms with Crippen molar-refractivity contribution in [2.75, 3.05) is 11.6 Å². The Balaban J connectivity index is 1.61. The van der Waals surface area contributed by atoms with E-state index in [4.69, 9.17) is 4.74 Å². The van der Waals surface area contributed by atoms with Gasteiger partial charge in [-0.05, 0) is 47.7 Å². The van der Waals surface area contributed by atoms with E-state index in [0.29, 0.717) is 21.6 Å². The maximum absolute atomic E-state index is 12.3. The Morgan fingerprint density at radius 3 is 2.58 bits per heavy atom. The first kappa shape index (κ1) is 21.9. The van der Waals surface area contributed by atoms with Crippen LogP contribution in [0, 0.1) is 21.4 Å². The normalized spacial score (nSPS) is 10.9. The topological polar surface area (TPSA) is 131 Å². The average Bonchev–Trinajstić information content (AvgIpc) is 3.24. The Morgan fingerprint density at radius 2 is 2.00 bits per heavy atom. The molecule has 0 aliphatic carbocycles. The van der Waals surface area contributed by atoms with Crippen molar-refractivity contribution < 1.29 is 14.5 Å². The first-order valence-electron chi connectivity index (χ1n) is 8.75. The van der Waals surface area contributed by atoms with Crippen LogP contribution in [-0.2, 0) is 11.4 Å². The lowest BCUT2D eigenvalue weighted by atomic mass is 10.1. The van der Waals surface area contributed by atoms with E-state index >= 15 is 0 Å². The highest BCUT2D eigenvalue weighted by molar-refractivity contribution is 7.98. The summed E-state index contributed by atoms with van der Waals surface area (Å²) < 4.78 is 9.72. The molecule has 0 saturated heterocycles. The first-order valence-corrected chi connectivity index (χ1v) is 10.8. The number of benzene rings is 2. The molecule has 11 heteroatoms. The number of non-ortho nitro benzene ring substituents is 1. The van der Waals surface area contributed by atoms with E-state index in [1.165, 1.54) is 30.0 Å². The van der Waals surface area contributed by atoms with Gasteiger partial charge in [-0.2, -0.15) is 14.6 Å². The number of nitrogens with zero attached hydrogens (tertiary/aromatic N) is 4. The van der Waals surface area contributed by atoms with E-state index in [1.54, 1.807) is 36.4 Å². The van der Waals surface area contributed by atoms with Gasteiger partial charge in [-0.15, -0.1) is 0 Å². The highest BCUT2D eigenvalue weighted by atomic mass is 32.2. The lowest BCUT2D eigenvalue weighted by Crippen LogP contribution is -2.13.